The normalized spacial score (nSPS) is 12.1. The van der Waals surface area contributed by atoms with Crippen molar-refractivity contribution in [1.82, 2.24) is 0 Å². The van der Waals surface area contributed by atoms with E-state index in [-0.39, 0.29) is 0 Å². The number of benzene rings is 7. The second-order valence-corrected chi connectivity index (χ2v) is 10.8. The molecule has 0 N–H and O–H groups in total. The minimum absolute atomic E-state index is 1.07. The summed E-state index contributed by atoms with van der Waals surface area (Å²) in [6.45, 7) is 2.11. The molecule has 7 rings (SSSR count). The van der Waals surface area contributed by atoms with Crippen molar-refractivity contribution in [1.29, 1.82) is 0 Å². The van der Waals surface area contributed by atoms with E-state index in [1.54, 1.807) is 0 Å². The Hall–Kier alpha value is -5.64. The molecular weight excluding hydrogens is 516 g/mol. The second-order valence-electron chi connectivity index (χ2n) is 10.8. The molecule has 0 aliphatic carbocycles. The first-order valence-corrected chi connectivity index (χ1v) is 14.7. The lowest BCUT2D eigenvalue weighted by atomic mass is 9.86. The lowest BCUT2D eigenvalue weighted by Gasteiger charge is -2.17. The highest BCUT2D eigenvalue weighted by atomic mass is 14.2. The Morgan fingerprint density at radius 3 is 1.23 bits per heavy atom. The lowest BCUT2D eigenvalue weighted by Crippen LogP contribution is -2.29. The van der Waals surface area contributed by atoms with Gasteiger partial charge in [0.05, 0.1) is 0 Å². The Labute approximate surface area is 252 Å². The molecule has 0 saturated heterocycles. The summed E-state index contributed by atoms with van der Waals surface area (Å²) in [5.74, 6) is 2.87. The summed E-state index contributed by atoms with van der Waals surface area (Å²) in [6.07, 6.45) is 10.2. The van der Waals surface area contributed by atoms with Crippen LogP contribution in [0.15, 0.2) is 146 Å². The predicted octanol–water partition coefficient (Wildman–Crippen LogP) is 9.88. The molecule has 7 aromatic carbocycles. The molecule has 0 fully saturated rings. The second kappa shape index (κ2) is 11.3. The van der Waals surface area contributed by atoms with E-state index in [9.17, 15) is 0 Å². The van der Waals surface area contributed by atoms with Crippen molar-refractivity contribution in [3.63, 3.8) is 0 Å². The van der Waals surface area contributed by atoms with Gasteiger partial charge >= 0.3 is 0 Å². The summed E-state index contributed by atoms with van der Waals surface area (Å²) in [5.41, 5.74) is 9.50. The zero-order valence-corrected chi connectivity index (χ0v) is 24.1. The maximum absolute atomic E-state index is 6.02. The van der Waals surface area contributed by atoms with E-state index in [2.05, 4.69) is 165 Å². The number of terminal acetylenes is 1. The van der Waals surface area contributed by atoms with E-state index in [4.69, 9.17) is 6.42 Å². The van der Waals surface area contributed by atoms with Crippen LogP contribution in [0, 0.1) is 12.3 Å². The average Bonchev–Trinajstić information content (AvgIpc) is 3.08. The number of hydrogen-bond acceptors (Lipinski definition) is 0. The van der Waals surface area contributed by atoms with Crippen molar-refractivity contribution in [3.8, 4) is 56.9 Å². The van der Waals surface area contributed by atoms with Crippen LogP contribution >= 0.6 is 0 Å². The average molecular weight is 547 g/mol. The molecule has 0 nitrogen and oxygen atoms in total. The highest BCUT2D eigenvalue weighted by Crippen LogP contribution is 2.36. The van der Waals surface area contributed by atoms with Crippen molar-refractivity contribution < 1.29 is 0 Å². The van der Waals surface area contributed by atoms with Gasteiger partial charge in [0.2, 0.25) is 0 Å². The van der Waals surface area contributed by atoms with E-state index in [1.165, 1.54) is 54.9 Å². The molecule has 0 radical (unpaired) electrons. The number of fused-ring (bicyclic) bond motifs is 2. The molecule has 7 aromatic rings. The van der Waals surface area contributed by atoms with Gasteiger partial charge in [-0.25, -0.2) is 0 Å². The third-order valence-corrected chi connectivity index (χ3v) is 8.33. The molecule has 0 heterocycles. The van der Waals surface area contributed by atoms with Crippen LogP contribution in [-0.2, 0) is 0 Å². The smallest absolute Gasteiger partial charge is 0.00125 e. The van der Waals surface area contributed by atoms with Crippen LogP contribution in [0.5, 0.6) is 0 Å². The van der Waals surface area contributed by atoms with E-state index < -0.39 is 0 Å². The molecule has 202 valence electrons. The van der Waals surface area contributed by atoms with E-state index in [0.29, 0.717) is 0 Å². The molecule has 0 aliphatic heterocycles. The van der Waals surface area contributed by atoms with Crippen LogP contribution in [0.4, 0.5) is 0 Å². The van der Waals surface area contributed by atoms with Gasteiger partial charge in [-0.15, -0.1) is 6.42 Å². The van der Waals surface area contributed by atoms with Crippen LogP contribution in [0.25, 0.3) is 78.2 Å². The summed E-state index contributed by atoms with van der Waals surface area (Å²) in [4.78, 5) is 0. The molecule has 0 saturated carbocycles. The predicted molar refractivity (Wildman–Crippen MR) is 186 cm³/mol. The Morgan fingerprint density at radius 2 is 0.814 bits per heavy atom. The van der Waals surface area contributed by atoms with Gasteiger partial charge in [-0.05, 0) is 102 Å². The molecule has 43 heavy (non-hydrogen) atoms. The van der Waals surface area contributed by atoms with Crippen LogP contribution in [0.3, 0.4) is 0 Å². The topological polar surface area (TPSA) is 0 Å². The Morgan fingerprint density at radius 1 is 0.442 bits per heavy atom. The van der Waals surface area contributed by atoms with E-state index in [0.717, 1.165) is 21.6 Å². The SMILES string of the molecule is C#CC=c1c(-c2ccc(-c3ccccc3)cc2)c2cc3ccccc3cc2c(-c2ccc(-c3ccccc3)cc2)c1=CC. The van der Waals surface area contributed by atoms with E-state index in [1.807, 2.05) is 6.08 Å². The van der Waals surface area contributed by atoms with Gasteiger partial charge in [0.25, 0.3) is 0 Å². The third kappa shape index (κ3) is 4.82. The number of rotatable bonds is 4. The fourth-order valence-electron chi connectivity index (χ4n) is 6.29. The standard InChI is InChI=1S/C43H30/c1-3-13-39-38(4-2)42(34-24-20-32(21-25-34)30-14-7-5-8-15-30)40-28-36-18-11-12-19-37(36)29-41(40)43(39)35-26-22-33(23-27-35)31-16-9-6-10-17-31/h1,4-29H,2H3. The Kier molecular flexibility index (Phi) is 6.92. The monoisotopic (exact) mass is 546 g/mol. The van der Waals surface area contributed by atoms with Crippen LogP contribution in [-0.4, -0.2) is 0 Å². The molecular formula is C43H30. The summed E-state index contributed by atoms with van der Waals surface area (Å²) >= 11 is 0. The van der Waals surface area contributed by atoms with Gasteiger partial charge in [-0.2, -0.15) is 0 Å². The van der Waals surface area contributed by atoms with Crippen molar-refractivity contribution in [2.75, 3.05) is 0 Å². The van der Waals surface area contributed by atoms with Gasteiger partial charge in [0.1, 0.15) is 0 Å². The molecule has 0 atom stereocenters. The van der Waals surface area contributed by atoms with Crippen LogP contribution < -0.4 is 10.4 Å². The maximum atomic E-state index is 6.02. The fourth-order valence-corrected chi connectivity index (χ4v) is 6.29. The first kappa shape index (κ1) is 26.3. The van der Waals surface area contributed by atoms with Gasteiger partial charge in [-0.3, -0.25) is 0 Å². The summed E-state index contributed by atoms with van der Waals surface area (Å²) in [7, 11) is 0. The van der Waals surface area contributed by atoms with Gasteiger partial charge < -0.3 is 0 Å². The minimum Gasteiger partial charge on any atom is -0.115 e. The highest BCUT2D eigenvalue weighted by Gasteiger charge is 2.16. The highest BCUT2D eigenvalue weighted by molar-refractivity contribution is 6.11. The van der Waals surface area contributed by atoms with Crippen molar-refractivity contribution in [3.05, 3.63) is 156 Å². The molecule has 0 amide bonds. The molecule has 0 aromatic heterocycles. The quantitative estimate of drug-likeness (QED) is 0.152. The fraction of sp³-hybridized carbons (Fsp3) is 0.0233. The first-order valence-electron chi connectivity index (χ1n) is 14.7. The largest absolute Gasteiger partial charge is 0.115 e. The van der Waals surface area contributed by atoms with Gasteiger partial charge in [-0.1, -0.05) is 145 Å². The summed E-state index contributed by atoms with van der Waals surface area (Å²) in [5, 5.41) is 7.06. The van der Waals surface area contributed by atoms with E-state index >= 15 is 0 Å². The molecule has 0 heteroatoms. The molecule has 0 bridgehead atoms. The van der Waals surface area contributed by atoms with Crippen molar-refractivity contribution in [2.24, 2.45) is 0 Å². The zero-order chi connectivity index (χ0) is 29.2. The maximum Gasteiger partial charge on any atom is -0.00125 e. The van der Waals surface area contributed by atoms with Gasteiger partial charge in [0, 0.05) is 0 Å². The molecule has 0 unspecified atom stereocenters. The lowest BCUT2D eigenvalue weighted by molar-refractivity contribution is 1.51. The Balaban J connectivity index is 1.54. The minimum atomic E-state index is 1.07. The summed E-state index contributed by atoms with van der Waals surface area (Å²) < 4.78 is 0. The summed E-state index contributed by atoms with van der Waals surface area (Å²) in [6, 6.07) is 52.1. The van der Waals surface area contributed by atoms with Crippen LogP contribution in [0.1, 0.15) is 6.92 Å². The van der Waals surface area contributed by atoms with Crippen LogP contribution in [0.2, 0.25) is 0 Å². The number of hydrogen-bond donors (Lipinski definition) is 0. The van der Waals surface area contributed by atoms with Crippen molar-refractivity contribution >= 4 is 33.7 Å². The molecule has 0 aliphatic rings. The third-order valence-electron chi connectivity index (χ3n) is 8.33. The Bertz CT molecular complexity index is 2250. The molecule has 0 spiro atoms. The first-order chi connectivity index (χ1) is 21.2. The van der Waals surface area contributed by atoms with Crippen molar-refractivity contribution in [2.45, 2.75) is 6.92 Å². The van der Waals surface area contributed by atoms with Gasteiger partial charge in [0.15, 0.2) is 0 Å². The zero-order valence-electron chi connectivity index (χ0n) is 24.1.